The molecule has 2 atom stereocenters. The number of aromatic nitrogens is 1. The Morgan fingerprint density at radius 1 is 1.47 bits per heavy atom. The zero-order valence-corrected chi connectivity index (χ0v) is 10.5. The van der Waals surface area contributed by atoms with Crippen LogP contribution in [0.15, 0.2) is 24.5 Å². The van der Waals surface area contributed by atoms with Crippen LogP contribution in [0.25, 0.3) is 0 Å². The predicted octanol–water partition coefficient (Wildman–Crippen LogP) is 2.19. The van der Waals surface area contributed by atoms with Gasteiger partial charge in [0.2, 0.25) is 0 Å². The maximum absolute atomic E-state index is 11.8. The molecule has 0 radical (unpaired) electrons. The SMILES string of the molecule is C[C@@H](N[S@+]([O-])C(C)(C)C)c1cccnc1. The summed E-state index contributed by atoms with van der Waals surface area (Å²) in [5, 5.41) is 0. The van der Waals surface area contributed by atoms with Crippen molar-refractivity contribution >= 4 is 11.4 Å². The molecule has 0 aliphatic carbocycles. The van der Waals surface area contributed by atoms with E-state index in [0.717, 1.165) is 5.56 Å². The maximum Gasteiger partial charge on any atom is 0.136 e. The molecule has 0 saturated heterocycles. The molecule has 15 heavy (non-hydrogen) atoms. The van der Waals surface area contributed by atoms with Crippen LogP contribution in [0.5, 0.6) is 0 Å². The van der Waals surface area contributed by atoms with Gasteiger partial charge in [0.05, 0.1) is 6.04 Å². The summed E-state index contributed by atoms with van der Waals surface area (Å²) in [6, 6.07) is 3.91. The van der Waals surface area contributed by atoms with E-state index in [-0.39, 0.29) is 10.8 Å². The molecule has 4 heteroatoms. The Hall–Kier alpha value is -0.580. The van der Waals surface area contributed by atoms with Crippen LogP contribution in [0.1, 0.15) is 39.3 Å². The lowest BCUT2D eigenvalue weighted by Gasteiger charge is -2.26. The quantitative estimate of drug-likeness (QED) is 0.804. The van der Waals surface area contributed by atoms with Crippen LogP contribution in [-0.4, -0.2) is 14.3 Å². The van der Waals surface area contributed by atoms with Gasteiger partial charge < -0.3 is 4.55 Å². The first-order valence-corrected chi connectivity index (χ1v) is 6.14. The Bertz CT molecular complexity index is 297. The van der Waals surface area contributed by atoms with E-state index in [9.17, 15) is 4.55 Å². The number of hydrogen-bond acceptors (Lipinski definition) is 3. The zero-order valence-electron chi connectivity index (χ0n) is 9.65. The number of rotatable bonds is 3. The van der Waals surface area contributed by atoms with Crippen molar-refractivity contribution in [3.8, 4) is 0 Å². The standard InChI is InChI=1S/C11H18N2OS/c1-9(10-6-5-7-12-8-10)13-15(14)11(2,3)4/h5-9,13H,1-4H3/t9-,15-/m1/s1. The molecule has 1 aromatic rings. The monoisotopic (exact) mass is 226 g/mol. The highest BCUT2D eigenvalue weighted by Gasteiger charge is 2.28. The molecule has 0 saturated carbocycles. The van der Waals surface area contributed by atoms with Gasteiger partial charge in [-0.25, -0.2) is 0 Å². The molecule has 1 heterocycles. The fourth-order valence-corrected chi connectivity index (χ4v) is 1.85. The van der Waals surface area contributed by atoms with E-state index in [4.69, 9.17) is 0 Å². The highest BCUT2D eigenvalue weighted by molar-refractivity contribution is 7.90. The second kappa shape index (κ2) is 4.96. The number of hydrogen-bond donors (Lipinski definition) is 1. The van der Waals surface area contributed by atoms with Crippen molar-refractivity contribution < 1.29 is 4.55 Å². The summed E-state index contributed by atoms with van der Waals surface area (Å²) in [5.74, 6) is 0. The molecule has 1 aromatic heterocycles. The lowest BCUT2D eigenvalue weighted by Crippen LogP contribution is -2.40. The van der Waals surface area contributed by atoms with E-state index in [1.165, 1.54) is 0 Å². The van der Waals surface area contributed by atoms with Crippen molar-refractivity contribution in [1.82, 2.24) is 9.71 Å². The Balaban J connectivity index is 2.61. The normalized spacial score (nSPS) is 16.1. The third-order valence-electron chi connectivity index (χ3n) is 2.02. The molecule has 0 unspecified atom stereocenters. The van der Waals surface area contributed by atoms with E-state index in [2.05, 4.69) is 9.71 Å². The van der Waals surface area contributed by atoms with Crippen molar-refractivity contribution in [3.05, 3.63) is 30.1 Å². The van der Waals surface area contributed by atoms with E-state index in [0.29, 0.717) is 0 Å². The summed E-state index contributed by atoms with van der Waals surface area (Å²) in [7, 11) is 0. The first-order valence-electron chi connectivity index (χ1n) is 4.99. The fourth-order valence-electron chi connectivity index (χ4n) is 1.04. The number of pyridine rings is 1. The highest BCUT2D eigenvalue weighted by Crippen LogP contribution is 2.18. The molecule has 0 aliphatic heterocycles. The van der Waals surface area contributed by atoms with Crippen molar-refractivity contribution in [2.45, 2.75) is 38.5 Å². The van der Waals surface area contributed by atoms with Crippen LogP contribution < -0.4 is 4.72 Å². The van der Waals surface area contributed by atoms with E-state index in [1.54, 1.807) is 12.4 Å². The van der Waals surface area contributed by atoms with Crippen LogP contribution in [0, 0.1) is 0 Å². The summed E-state index contributed by atoms with van der Waals surface area (Å²) in [6.07, 6.45) is 3.52. The van der Waals surface area contributed by atoms with Crippen molar-refractivity contribution in [2.75, 3.05) is 0 Å². The summed E-state index contributed by atoms with van der Waals surface area (Å²) in [4.78, 5) is 4.04. The molecule has 0 aliphatic rings. The topological polar surface area (TPSA) is 48.0 Å². The van der Waals surface area contributed by atoms with Gasteiger partial charge in [0.25, 0.3) is 0 Å². The maximum atomic E-state index is 11.8. The zero-order chi connectivity index (χ0) is 11.5. The number of nitrogens with one attached hydrogen (secondary N) is 1. The molecular formula is C11H18N2OS. The minimum absolute atomic E-state index is 0.0544. The first-order chi connectivity index (χ1) is 6.91. The van der Waals surface area contributed by atoms with Gasteiger partial charge in [0.1, 0.15) is 4.75 Å². The second-order valence-electron chi connectivity index (χ2n) is 4.51. The van der Waals surface area contributed by atoms with Gasteiger partial charge >= 0.3 is 0 Å². The Labute approximate surface area is 94.6 Å². The molecule has 0 aromatic carbocycles. The lowest BCUT2D eigenvalue weighted by molar-refractivity contribution is 0.531. The van der Waals surface area contributed by atoms with Crippen molar-refractivity contribution in [1.29, 1.82) is 0 Å². The van der Waals surface area contributed by atoms with Crippen LogP contribution in [-0.2, 0) is 11.4 Å². The largest absolute Gasteiger partial charge is 0.598 e. The smallest absolute Gasteiger partial charge is 0.136 e. The van der Waals surface area contributed by atoms with Crippen LogP contribution >= 0.6 is 0 Å². The van der Waals surface area contributed by atoms with Crippen LogP contribution in [0.4, 0.5) is 0 Å². The second-order valence-corrected chi connectivity index (χ2v) is 6.50. The Morgan fingerprint density at radius 2 is 2.13 bits per heavy atom. The van der Waals surface area contributed by atoms with Gasteiger partial charge in [-0.2, -0.15) is 0 Å². The summed E-state index contributed by atoms with van der Waals surface area (Å²) >= 11 is -1.05. The average molecular weight is 226 g/mol. The molecular weight excluding hydrogens is 208 g/mol. The summed E-state index contributed by atoms with van der Waals surface area (Å²) < 4.78 is 14.7. The minimum atomic E-state index is -1.05. The minimum Gasteiger partial charge on any atom is -0.598 e. The third-order valence-corrected chi connectivity index (χ3v) is 3.70. The molecule has 1 N–H and O–H groups in total. The van der Waals surface area contributed by atoms with Gasteiger partial charge in [0, 0.05) is 23.8 Å². The number of nitrogens with zero attached hydrogens (tertiary/aromatic N) is 1. The molecule has 0 bridgehead atoms. The summed E-state index contributed by atoms with van der Waals surface area (Å²) in [6.45, 7) is 7.84. The van der Waals surface area contributed by atoms with Crippen molar-refractivity contribution in [2.24, 2.45) is 0 Å². The van der Waals surface area contributed by atoms with E-state index < -0.39 is 11.4 Å². The Kier molecular flexibility index (Phi) is 4.13. The van der Waals surface area contributed by atoms with Gasteiger partial charge in [-0.3, -0.25) is 4.98 Å². The van der Waals surface area contributed by atoms with Crippen molar-refractivity contribution in [3.63, 3.8) is 0 Å². The van der Waals surface area contributed by atoms with Crippen LogP contribution in [0.2, 0.25) is 0 Å². The highest BCUT2D eigenvalue weighted by atomic mass is 32.2. The molecule has 1 rings (SSSR count). The van der Waals surface area contributed by atoms with Gasteiger partial charge in [0.15, 0.2) is 0 Å². The average Bonchev–Trinajstić information content (AvgIpc) is 2.17. The lowest BCUT2D eigenvalue weighted by atomic mass is 10.2. The molecule has 84 valence electrons. The first kappa shape index (κ1) is 12.5. The third kappa shape index (κ3) is 3.81. The van der Waals surface area contributed by atoms with Gasteiger partial charge in [-0.1, -0.05) is 6.07 Å². The van der Waals surface area contributed by atoms with Gasteiger partial charge in [-0.05, 0) is 39.3 Å². The Morgan fingerprint density at radius 3 is 2.60 bits per heavy atom. The van der Waals surface area contributed by atoms with Crippen LogP contribution in [0.3, 0.4) is 0 Å². The van der Waals surface area contributed by atoms with E-state index in [1.807, 2.05) is 39.8 Å². The summed E-state index contributed by atoms with van der Waals surface area (Å²) in [5.41, 5.74) is 1.05. The molecule has 0 fully saturated rings. The molecule has 0 spiro atoms. The molecule has 0 amide bonds. The molecule has 3 nitrogen and oxygen atoms in total. The van der Waals surface area contributed by atoms with E-state index >= 15 is 0 Å². The fraction of sp³-hybridized carbons (Fsp3) is 0.545. The predicted molar refractivity (Wildman–Crippen MR) is 63.7 cm³/mol. The van der Waals surface area contributed by atoms with Gasteiger partial charge in [-0.15, -0.1) is 4.72 Å².